The van der Waals surface area contributed by atoms with E-state index in [1.54, 1.807) is 41.5 Å². The number of hydrogen-bond donors (Lipinski definition) is 0. The number of rotatable bonds is 4. The molecule has 0 aromatic heterocycles. The molecule has 0 unspecified atom stereocenters. The molecule has 4 rings (SSSR count). The predicted octanol–water partition coefficient (Wildman–Crippen LogP) is 3.76. The molecular formula is C30H37Cl3N4O8. The molecule has 15 heteroatoms. The molecule has 0 N–H and O–H groups in total. The van der Waals surface area contributed by atoms with Crippen molar-refractivity contribution in [3.8, 4) is 0 Å². The predicted molar refractivity (Wildman–Crippen MR) is 168 cm³/mol. The summed E-state index contributed by atoms with van der Waals surface area (Å²) in [6.45, 7) is 17.6. The fourth-order valence-electron chi connectivity index (χ4n) is 4.07. The van der Waals surface area contributed by atoms with Crippen LogP contribution >= 0.6 is 34.8 Å². The van der Waals surface area contributed by atoms with Crippen molar-refractivity contribution < 1.29 is 38.4 Å². The van der Waals surface area contributed by atoms with Crippen molar-refractivity contribution in [3.05, 3.63) is 44.5 Å². The van der Waals surface area contributed by atoms with Crippen LogP contribution in [0.15, 0.2) is 44.5 Å². The molecule has 0 saturated heterocycles. The number of carbonyl (C=O) groups is 8. The van der Waals surface area contributed by atoms with Crippen molar-refractivity contribution in [1.29, 1.82) is 0 Å². The van der Waals surface area contributed by atoms with Crippen LogP contribution in [0.4, 0.5) is 0 Å². The Labute approximate surface area is 277 Å². The highest BCUT2D eigenvalue weighted by atomic mass is 35.5. The maximum atomic E-state index is 11.4. The van der Waals surface area contributed by atoms with Crippen LogP contribution in [0.5, 0.6) is 0 Å². The molecule has 0 aromatic rings. The number of hydrogen-bond acceptors (Lipinski definition) is 8. The number of imide groups is 4. The van der Waals surface area contributed by atoms with E-state index in [1.807, 2.05) is 27.7 Å². The Morgan fingerprint density at radius 3 is 0.933 bits per heavy atom. The summed E-state index contributed by atoms with van der Waals surface area (Å²) in [6.07, 6.45) is 3.73. The normalized spacial score (nSPS) is 18.3. The van der Waals surface area contributed by atoms with Gasteiger partial charge in [-0.25, -0.2) is 0 Å². The van der Waals surface area contributed by atoms with Gasteiger partial charge in [0, 0.05) is 53.5 Å². The largest absolute Gasteiger partial charge is 0.274 e. The molecule has 0 aliphatic carbocycles. The fourth-order valence-corrected chi connectivity index (χ4v) is 4.60. The van der Waals surface area contributed by atoms with Crippen molar-refractivity contribution in [2.45, 2.75) is 93.4 Å². The lowest BCUT2D eigenvalue weighted by atomic mass is 10.2. The van der Waals surface area contributed by atoms with Crippen LogP contribution in [0.2, 0.25) is 0 Å². The van der Waals surface area contributed by atoms with E-state index in [1.165, 1.54) is 22.0 Å². The molecule has 45 heavy (non-hydrogen) atoms. The zero-order valence-electron chi connectivity index (χ0n) is 26.7. The standard InChI is InChI=1S/C9H13NO2.C7H7Cl2NO2.C7H8ClNO2.C7H9NO2/c1-5(2)10-8(11)6(3)7(4)9(10)12;1-3(2)10-6(11)4(8)5(9)7(10)12;1-4(2)9-6(10)3-5(8)7(9)11;1-5(2)8-6(9)3-4-7(8)10/h5H,1-4H3;3H,1-2H3;3-4H,1-2H3;3-5H,1-2H3. The Morgan fingerprint density at radius 1 is 0.444 bits per heavy atom. The molecule has 246 valence electrons. The quantitative estimate of drug-likeness (QED) is 0.406. The number of carbonyl (C=O) groups excluding carboxylic acids is 8. The van der Waals surface area contributed by atoms with Crippen molar-refractivity contribution in [1.82, 2.24) is 19.6 Å². The molecule has 4 aliphatic heterocycles. The summed E-state index contributed by atoms with van der Waals surface area (Å²) in [7, 11) is 0. The van der Waals surface area contributed by atoms with Gasteiger partial charge in [0.2, 0.25) is 0 Å². The average Bonchev–Trinajstić information content (AvgIpc) is 3.54. The third kappa shape index (κ3) is 8.99. The zero-order valence-corrected chi connectivity index (χ0v) is 29.0. The second-order valence-corrected chi connectivity index (χ2v) is 12.3. The van der Waals surface area contributed by atoms with E-state index in [-0.39, 0.29) is 68.8 Å². The van der Waals surface area contributed by atoms with Crippen LogP contribution in [0.1, 0.15) is 69.2 Å². The Bertz CT molecular complexity index is 1320. The van der Waals surface area contributed by atoms with E-state index in [4.69, 9.17) is 34.8 Å². The van der Waals surface area contributed by atoms with Crippen LogP contribution in [0.25, 0.3) is 0 Å². The molecule has 0 saturated carbocycles. The van der Waals surface area contributed by atoms with Gasteiger partial charge in [0.15, 0.2) is 0 Å². The summed E-state index contributed by atoms with van der Waals surface area (Å²) < 4.78 is 0. The van der Waals surface area contributed by atoms with Gasteiger partial charge in [-0.2, -0.15) is 0 Å². The van der Waals surface area contributed by atoms with E-state index in [0.29, 0.717) is 11.1 Å². The lowest BCUT2D eigenvalue weighted by molar-refractivity contribution is -0.140. The number of amides is 8. The summed E-state index contributed by atoms with van der Waals surface area (Å²) in [5, 5.41) is -0.366. The second-order valence-electron chi connectivity index (χ2n) is 11.1. The summed E-state index contributed by atoms with van der Waals surface area (Å²) in [4.78, 5) is 93.6. The van der Waals surface area contributed by atoms with Gasteiger partial charge in [0.25, 0.3) is 47.3 Å². The van der Waals surface area contributed by atoms with E-state index in [2.05, 4.69) is 0 Å². The SMILES string of the molecule is CC(C)N1C(=O)C(Cl)=C(Cl)C1=O.CC(C)N1C(=O)C=C(Cl)C1=O.CC(C)N1C(=O)C=CC1=O.CC1=C(C)C(=O)N(C(C)C)C1=O. The topological polar surface area (TPSA) is 150 Å². The summed E-state index contributed by atoms with van der Waals surface area (Å²) in [5.74, 6) is -2.45. The second kappa shape index (κ2) is 16.1. The van der Waals surface area contributed by atoms with Crippen LogP contribution in [-0.2, 0) is 38.4 Å². The van der Waals surface area contributed by atoms with Crippen molar-refractivity contribution >= 4 is 82.1 Å². The zero-order chi connectivity index (χ0) is 35.2. The molecule has 0 radical (unpaired) electrons. The van der Waals surface area contributed by atoms with Crippen LogP contribution in [-0.4, -0.2) is 91.0 Å². The minimum Gasteiger partial charge on any atom is -0.273 e. The van der Waals surface area contributed by atoms with Crippen molar-refractivity contribution in [2.75, 3.05) is 0 Å². The Morgan fingerprint density at radius 2 is 0.756 bits per heavy atom. The van der Waals surface area contributed by atoms with Gasteiger partial charge < -0.3 is 0 Å². The minimum absolute atomic E-state index is 0.00343. The molecule has 0 spiro atoms. The third-order valence-corrected chi connectivity index (χ3v) is 7.54. The van der Waals surface area contributed by atoms with Crippen LogP contribution < -0.4 is 0 Å². The number of halogens is 3. The highest BCUT2D eigenvalue weighted by molar-refractivity contribution is 6.58. The molecular weight excluding hydrogens is 651 g/mol. The maximum absolute atomic E-state index is 11.4. The molecule has 0 atom stereocenters. The van der Waals surface area contributed by atoms with E-state index < -0.39 is 17.7 Å². The van der Waals surface area contributed by atoms with E-state index in [0.717, 1.165) is 15.9 Å². The van der Waals surface area contributed by atoms with Gasteiger partial charge in [-0.15, -0.1) is 0 Å². The van der Waals surface area contributed by atoms with Gasteiger partial charge in [-0.05, 0) is 69.2 Å². The van der Waals surface area contributed by atoms with E-state index in [9.17, 15) is 38.4 Å². The summed E-state index contributed by atoms with van der Waals surface area (Å²) in [6, 6.07) is -0.412. The van der Waals surface area contributed by atoms with Crippen molar-refractivity contribution in [3.63, 3.8) is 0 Å². The van der Waals surface area contributed by atoms with E-state index >= 15 is 0 Å². The van der Waals surface area contributed by atoms with Gasteiger partial charge >= 0.3 is 0 Å². The summed E-state index contributed by atoms with van der Waals surface area (Å²) >= 11 is 16.4. The maximum Gasteiger partial charge on any atom is 0.274 e. The first kappa shape index (κ1) is 39.4. The Balaban J connectivity index is 0.000000301. The monoisotopic (exact) mass is 686 g/mol. The molecule has 12 nitrogen and oxygen atoms in total. The van der Waals surface area contributed by atoms with Gasteiger partial charge in [-0.3, -0.25) is 58.0 Å². The van der Waals surface area contributed by atoms with Crippen LogP contribution in [0, 0.1) is 0 Å². The third-order valence-electron chi connectivity index (χ3n) is 6.47. The molecule has 0 aromatic carbocycles. The number of nitrogens with zero attached hydrogens (tertiary/aromatic N) is 4. The van der Waals surface area contributed by atoms with Gasteiger partial charge in [0.05, 0.1) is 0 Å². The molecule has 4 aliphatic rings. The fraction of sp³-hybridized carbons (Fsp3) is 0.467. The van der Waals surface area contributed by atoms with Gasteiger partial charge in [0.1, 0.15) is 15.1 Å². The van der Waals surface area contributed by atoms with Crippen molar-refractivity contribution in [2.24, 2.45) is 0 Å². The highest BCUT2D eigenvalue weighted by Gasteiger charge is 2.38. The van der Waals surface area contributed by atoms with Crippen LogP contribution in [0.3, 0.4) is 0 Å². The first-order valence-corrected chi connectivity index (χ1v) is 15.0. The van der Waals surface area contributed by atoms with Gasteiger partial charge in [-0.1, -0.05) is 34.8 Å². The first-order chi connectivity index (χ1) is 20.6. The Hall–Kier alpha value is -3.61. The lowest BCUT2D eigenvalue weighted by Gasteiger charge is -2.18. The Kier molecular flexibility index (Phi) is 14.1. The minimum atomic E-state index is -0.512. The molecule has 4 heterocycles. The molecule has 0 bridgehead atoms. The summed E-state index contributed by atoms with van der Waals surface area (Å²) in [5.41, 5.74) is 1.16. The lowest BCUT2D eigenvalue weighted by Crippen LogP contribution is -2.37. The molecule has 0 fully saturated rings. The first-order valence-electron chi connectivity index (χ1n) is 13.9. The highest BCUT2D eigenvalue weighted by Crippen LogP contribution is 2.28. The smallest absolute Gasteiger partial charge is 0.273 e. The molecule has 8 amide bonds. The average molecular weight is 688 g/mol.